The Kier molecular flexibility index (Phi) is 9.59. The van der Waals surface area contributed by atoms with Gasteiger partial charge in [0.05, 0.1) is 17.9 Å². The number of alkyl halides is 2. The number of nitrogens with one attached hydrogen (secondary N) is 2. The lowest BCUT2D eigenvalue weighted by Crippen LogP contribution is -2.24. The van der Waals surface area contributed by atoms with Crippen molar-refractivity contribution in [3.63, 3.8) is 0 Å². The number of hydrogen-bond donors (Lipinski definition) is 2. The number of hydrogen-bond acceptors (Lipinski definition) is 6. The molecule has 32 heavy (non-hydrogen) atoms. The molecule has 2 aromatic rings. The highest BCUT2D eigenvalue weighted by Crippen LogP contribution is 2.29. The molecule has 1 atom stereocenters. The summed E-state index contributed by atoms with van der Waals surface area (Å²) in [4.78, 5) is 15.8. The maximum atomic E-state index is 13.7. The number of anilines is 2. The van der Waals surface area contributed by atoms with Crippen molar-refractivity contribution >= 4 is 11.8 Å². The van der Waals surface area contributed by atoms with Crippen LogP contribution in [0.3, 0.4) is 0 Å². The molecule has 176 valence electrons. The molecule has 0 spiro atoms. The Balaban J connectivity index is 1.82. The third kappa shape index (κ3) is 7.36. The zero-order valence-corrected chi connectivity index (χ0v) is 19.3. The minimum absolute atomic E-state index is 0.192. The third-order valence-electron chi connectivity index (χ3n) is 5.89. The van der Waals surface area contributed by atoms with Crippen LogP contribution in [0, 0.1) is 0 Å². The normalized spacial score (nSPS) is 15.7. The number of rotatable bonds is 12. The van der Waals surface area contributed by atoms with Gasteiger partial charge < -0.3 is 15.5 Å². The molecule has 1 unspecified atom stereocenters. The molecule has 0 aromatic carbocycles. The predicted octanol–water partition coefficient (Wildman–Crippen LogP) is 5.23. The molecule has 2 heterocycles. The van der Waals surface area contributed by atoms with Crippen LogP contribution >= 0.6 is 0 Å². The van der Waals surface area contributed by atoms with Crippen molar-refractivity contribution in [2.24, 2.45) is 0 Å². The van der Waals surface area contributed by atoms with E-state index >= 15 is 0 Å². The van der Waals surface area contributed by atoms with Gasteiger partial charge in [-0.05, 0) is 50.4 Å². The summed E-state index contributed by atoms with van der Waals surface area (Å²) in [6, 6.07) is 4.38. The SMILES string of the molecule is CCC(F)CNc1ncc(-c2cc(CN(C)CCCF)ccn2)c(NC2CCCCC2)n1. The Bertz CT molecular complexity index is 828. The Morgan fingerprint density at radius 2 is 2.03 bits per heavy atom. The van der Waals surface area contributed by atoms with Gasteiger partial charge in [0.25, 0.3) is 0 Å². The number of pyridine rings is 1. The molecule has 0 aliphatic heterocycles. The van der Waals surface area contributed by atoms with Gasteiger partial charge in [-0.2, -0.15) is 4.98 Å². The van der Waals surface area contributed by atoms with Gasteiger partial charge >= 0.3 is 0 Å². The maximum Gasteiger partial charge on any atom is 0.224 e. The lowest BCUT2D eigenvalue weighted by molar-refractivity contribution is 0.303. The van der Waals surface area contributed by atoms with E-state index < -0.39 is 6.17 Å². The van der Waals surface area contributed by atoms with Gasteiger partial charge in [0, 0.05) is 38.1 Å². The second kappa shape index (κ2) is 12.6. The van der Waals surface area contributed by atoms with E-state index in [1.807, 2.05) is 26.1 Å². The summed E-state index contributed by atoms with van der Waals surface area (Å²) >= 11 is 0. The molecule has 0 saturated heterocycles. The molecule has 1 fully saturated rings. The van der Waals surface area contributed by atoms with Crippen LogP contribution in [0.1, 0.15) is 57.4 Å². The smallest absolute Gasteiger partial charge is 0.224 e. The fourth-order valence-corrected chi connectivity index (χ4v) is 3.99. The van der Waals surface area contributed by atoms with Gasteiger partial charge in [0.2, 0.25) is 5.95 Å². The van der Waals surface area contributed by atoms with E-state index in [0.29, 0.717) is 31.4 Å². The molecule has 6 nitrogen and oxygen atoms in total. The summed E-state index contributed by atoms with van der Waals surface area (Å²) in [6.45, 7) is 3.13. The number of aromatic nitrogens is 3. The Hall–Kier alpha value is -2.35. The van der Waals surface area contributed by atoms with Crippen molar-refractivity contribution in [1.82, 2.24) is 19.9 Å². The monoisotopic (exact) mass is 446 g/mol. The quantitative estimate of drug-likeness (QED) is 0.465. The topological polar surface area (TPSA) is 66.0 Å². The minimum Gasteiger partial charge on any atom is -0.367 e. The first kappa shape index (κ1) is 24.3. The lowest BCUT2D eigenvalue weighted by atomic mass is 9.95. The average molecular weight is 447 g/mol. The van der Waals surface area contributed by atoms with Crippen LogP contribution in [-0.2, 0) is 6.54 Å². The molecule has 8 heteroatoms. The van der Waals surface area contributed by atoms with Crippen molar-refractivity contribution in [2.45, 2.75) is 70.6 Å². The van der Waals surface area contributed by atoms with Crippen LogP contribution < -0.4 is 10.6 Å². The zero-order chi connectivity index (χ0) is 22.8. The molecule has 1 aliphatic rings. The lowest BCUT2D eigenvalue weighted by Gasteiger charge is -2.24. The largest absolute Gasteiger partial charge is 0.367 e. The van der Waals surface area contributed by atoms with Gasteiger partial charge in [-0.1, -0.05) is 26.2 Å². The molecular formula is C24H36F2N6. The van der Waals surface area contributed by atoms with Crippen LogP contribution in [0.5, 0.6) is 0 Å². The van der Waals surface area contributed by atoms with Crippen LogP contribution in [-0.4, -0.2) is 58.9 Å². The highest BCUT2D eigenvalue weighted by molar-refractivity contribution is 5.73. The number of nitrogens with zero attached hydrogens (tertiary/aromatic N) is 4. The van der Waals surface area contributed by atoms with E-state index in [0.717, 1.165) is 42.0 Å². The van der Waals surface area contributed by atoms with Crippen molar-refractivity contribution in [3.05, 3.63) is 30.1 Å². The Labute approximate surface area is 190 Å². The molecule has 1 aliphatic carbocycles. The van der Waals surface area contributed by atoms with Crippen molar-refractivity contribution in [1.29, 1.82) is 0 Å². The van der Waals surface area contributed by atoms with Crippen molar-refractivity contribution < 1.29 is 8.78 Å². The van der Waals surface area contributed by atoms with Crippen LogP contribution in [0.25, 0.3) is 11.3 Å². The summed E-state index contributed by atoms with van der Waals surface area (Å²) in [5.41, 5.74) is 2.73. The molecular weight excluding hydrogens is 410 g/mol. The van der Waals surface area contributed by atoms with E-state index in [4.69, 9.17) is 0 Å². The molecule has 3 rings (SSSR count). The summed E-state index contributed by atoms with van der Waals surface area (Å²) < 4.78 is 26.2. The average Bonchev–Trinajstić information content (AvgIpc) is 2.82. The fraction of sp³-hybridized carbons (Fsp3) is 0.625. The van der Waals surface area contributed by atoms with E-state index in [1.165, 1.54) is 19.3 Å². The molecule has 2 aromatic heterocycles. The van der Waals surface area contributed by atoms with Gasteiger partial charge in [-0.25, -0.2) is 9.37 Å². The molecule has 0 radical (unpaired) electrons. The molecule has 0 amide bonds. The molecule has 2 N–H and O–H groups in total. The predicted molar refractivity (Wildman–Crippen MR) is 126 cm³/mol. The minimum atomic E-state index is -0.930. The third-order valence-corrected chi connectivity index (χ3v) is 5.89. The van der Waals surface area contributed by atoms with E-state index in [2.05, 4.69) is 30.5 Å². The van der Waals surface area contributed by atoms with Gasteiger partial charge in [0.15, 0.2) is 0 Å². The zero-order valence-electron chi connectivity index (χ0n) is 19.3. The van der Waals surface area contributed by atoms with Gasteiger partial charge in [0.1, 0.15) is 12.0 Å². The van der Waals surface area contributed by atoms with E-state index in [1.54, 1.807) is 12.4 Å². The summed E-state index contributed by atoms with van der Waals surface area (Å²) in [7, 11) is 1.99. The first-order valence-corrected chi connectivity index (χ1v) is 11.8. The maximum absolute atomic E-state index is 13.7. The van der Waals surface area contributed by atoms with Gasteiger partial charge in [-0.3, -0.25) is 9.37 Å². The summed E-state index contributed by atoms with van der Waals surface area (Å²) in [5, 5.41) is 6.61. The van der Waals surface area contributed by atoms with Crippen LogP contribution in [0.2, 0.25) is 0 Å². The Morgan fingerprint density at radius 3 is 2.78 bits per heavy atom. The second-order valence-electron chi connectivity index (χ2n) is 8.65. The van der Waals surface area contributed by atoms with Crippen molar-refractivity contribution in [3.8, 4) is 11.3 Å². The van der Waals surface area contributed by atoms with Gasteiger partial charge in [-0.15, -0.1) is 0 Å². The fourth-order valence-electron chi connectivity index (χ4n) is 3.99. The van der Waals surface area contributed by atoms with Crippen LogP contribution in [0.15, 0.2) is 24.5 Å². The first-order chi connectivity index (χ1) is 15.6. The highest BCUT2D eigenvalue weighted by Gasteiger charge is 2.18. The molecule has 0 bridgehead atoms. The second-order valence-corrected chi connectivity index (χ2v) is 8.65. The standard InChI is InChI=1S/C24H36F2N6/c1-3-19(26)15-28-24-29-16-21(23(31-24)30-20-8-5-4-6-9-20)22-14-18(10-12-27-22)17-32(2)13-7-11-25/h10,12,14,16,19-20H,3-9,11,13,15,17H2,1-2H3,(H2,28,29,30,31). The van der Waals surface area contributed by atoms with E-state index in [9.17, 15) is 8.78 Å². The number of halogens is 2. The summed E-state index contributed by atoms with van der Waals surface area (Å²) in [6.07, 6.45) is 9.53. The first-order valence-electron chi connectivity index (χ1n) is 11.8. The highest BCUT2D eigenvalue weighted by atomic mass is 19.1. The van der Waals surface area contributed by atoms with Crippen molar-refractivity contribution in [2.75, 3.05) is 37.4 Å². The Morgan fingerprint density at radius 1 is 1.22 bits per heavy atom. The van der Waals surface area contributed by atoms with Crippen LogP contribution in [0.4, 0.5) is 20.5 Å². The van der Waals surface area contributed by atoms with E-state index in [-0.39, 0.29) is 13.2 Å². The molecule has 1 saturated carbocycles. The summed E-state index contributed by atoms with van der Waals surface area (Å²) in [5.74, 6) is 1.15.